The second kappa shape index (κ2) is 11.4. The van der Waals surface area contributed by atoms with Gasteiger partial charge in [0.2, 0.25) is 0 Å². The van der Waals surface area contributed by atoms with Crippen LogP contribution in [0.25, 0.3) is 10.9 Å². The number of nitrogens with zero attached hydrogens (tertiary/aromatic N) is 5. The molecule has 37 heavy (non-hydrogen) atoms. The van der Waals surface area contributed by atoms with Crippen molar-refractivity contribution in [1.82, 2.24) is 30.1 Å². The Hall–Kier alpha value is -3.32. The Bertz CT molecular complexity index is 1390. The van der Waals surface area contributed by atoms with Gasteiger partial charge in [-0.15, -0.1) is 5.10 Å². The van der Waals surface area contributed by atoms with E-state index in [9.17, 15) is 4.79 Å². The van der Waals surface area contributed by atoms with Gasteiger partial charge < -0.3 is 4.98 Å². The molecule has 7 nitrogen and oxygen atoms in total. The summed E-state index contributed by atoms with van der Waals surface area (Å²) in [5.74, 6) is 0.896. The SMILES string of the molecule is CCC(c1nnnn1CCc1ccccc1)N(Cc1cc2cc(C)c(C)cc2[nH]c1=O)C1CCCCC1. The van der Waals surface area contributed by atoms with Crippen molar-refractivity contribution < 1.29 is 0 Å². The topological polar surface area (TPSA) is 79.7 Å². The van der Waals surface area contributed by atoms with Crippen molar-refractivity contribution >= 4 is 10.9 Å². The lowest BCUT2D eigenvalue weighted by Crippen LogP contribution is -2.41. The van der Waals surface area contributed by atoms with E-state index in [4.69, 9.17) is 0 Å². The first-order valence-corrected chi connectivity index (χ1v) is 13.7. The summed E-state index contributed by atoms with van der Waals surface area (Å²) >= 11 is 0. The molecule has 2 aromatic carbocycles. The average Bonchev–Trinajstić information content (AvgIpc) is 3.38. The zero-order valence-corrected chi connectivity index (χ0v) is 22.3. The fraction of sp³-hybridized carbons (Fsp3) is 0.467. The molecule has 1 atom stereocenters. The van der Waals surface area contributed by atoms with Crippen molar-refractivity contribution in [2.75, 3.05) is 0 Å². The van der Waals surface area contributed by atoms with Gasteiger partial charge in [-0.05, 0) is 90.2 Å². The fourth-order valence-electron chi connectivity index (χ4n) is 5.80. The van der Waals surface area contributed by atoms with E-state index in [1.54, 1.807) is 0 Å². The summed E-state index contributed by atoms with van der Waals surface area (Å²) in [5, 5.41) is 14.1. The van der Waals surface area contributed by atoms with Gasteiger partial charge in [0.25, 0.3) is 5.56 Å². The number of nitrogens with one attached hydrogen (secondary N) is 1. The second-order valence-corrected chi connectivity index (χ2v) is 10.5. The van der Waals surface area contributed by atoms with Crippen LogP contribution in [0.5, 0.6) is 0 Å². The summed E-state index contributed by atoms with van der Waals surface area (Å²) in [5.41, 5.74) is 5.40. The number of benzene rings is 2. The minimum Gasteiger partial charge on any atom is -0.322 e. The molecule has 0 aliphatic heterocycles. The highest BCUT2D eigenvalue weighted by molar-refractivity contribution is 5.80. The third kappa shape index (κ3) is 5.67. The van der Waals surface area contributed by atoms with Crippen LogP contribution in [0.1, 0.15) is 79.6 Å². The zero-order valence-electron chi connectivity index (χ0n) is 22.3. The highest BCUT2D eigenvalue weighted by atomic mass is 16.1. The number of tetrazole rings is 1. The molecule has 1 N–H and O–H groups in total. The van der Waals surface area contributed by atoms with Crippen LogP contribution in [0.15, 0.2) is 53.3 Å². The van der Waals surface area contributed by atoms with E-state index in [1.165, 1.54) is 36.0 Å². The number of aryl methyl sites for hydroxylation is 4. The van der Waals surface area contributed by atoms with Crippen LogP contribution < -0.4 is 5.56 Å². The normalized spacial score (nSPS) is 15.5. The Morgan fingerprint density at radius 3 is 2.57 bits per heavy atom. The van der Waals surface area contributed by atoms with Crippen molar-refractivity contribution in [3.8, 4) is 0 Å². The first-order valence-electron chi connectivity index (χ1n) is 13.7. The molecule has 4 aromatic rings. The van der Waals surface area contributed by atoms with Gasteiger partial charge >= 0.3 is 0 Å². The van der Waals surface area contributed by atoms with Gasteiger partial charge in [0.15, 0.2) is 5.82 Å². The van der Waals surface area contributed by atoms with Crippen LogP contribution in [0.4, 0.5) is 0 Å². The van der Waals surface area contributed by atoms with E-state index in [2.05, 4.69) is 88.6 Å². The van der Waals surface area contributed by atoms with Crippen molar-refractivity contribution in [3.05, 3.63) is 87.0 Å². The van der Waals surface area contributed by atoms with Gasteiger partial charge in [-0.3, -0.25) is 9.69 Å². The van der Waals surface area contributed by atoms with Gasteiger partial charge in [0.05, 0.1) is 6.04 Å². The third-order valence-electron chi connectivity index (χ3n) is 8.03. The molecule has 2 heterocycles. The minimum atomic E-state index is -0.00455. The summed E-state index contributed by atoms with van der Waals surface area (Å²) in [6.07, 6.45) is 7.78. The van der Waals surface area contributed by atoms with Crippen LogP contribution in [0.3, 0.4) is 0 Å². The van der Waals surface area contributed by atoms with Crippen molar-refractivity contribution in [2.24, 2.45) is 0 Å². The Morgan fingerprint density at radius 1 is 1.05 bits per heavy atom. The van der Waals surface area contributed by atoms with E-state index in [-0.39, 0.29) is 11.6 Å². The van der Waals surface area contributed by atoms with E-state index in [1.807, 2.05) is 10.7 Å². The molecule has 7 heteroatoms. The molecular formula is C30H38N6O. The predicted molar refractivity (Wildman–Crippen MR) is 147 cm³/mol. The van der Waals surface area contributed by atoms with Crippen molar-refractivity contribution in [1.29, 1.82) is 0 Å². The largest absolute Gasteiger partial charge is 0.322 e. The lowest BCUT2D eigenvalue weighted by molar-refractivity contribution is 0.0841. The van der Waals surface area contributed by atoms with Gasteiger partial charge in [-0.25, -0.2) is 4.68 Å². The zero-order chi connectivity index (χ0) is 25.8. The van der Waals surface area contributed by atoms with Crippen LogP contribution in [0.2, 0.25) is 0 Å². The third-order valence-corrected chi connectivity index (χ3v) is 8.03. The summed E-state index contributed by atoms with van der Waals surface area (Å²) in [7, 11) is 0. The molecule has 0 bridgehead atoms. The number of hydrogen-bond acceptors (Lipinski definition) is 5. The van der Waals surface area contributed by atoms with Crippen LogP contribution in [0, 0.1) is 13.8 Å². The number of pyridine rings is 1. The van der Waals surface area contributed by atoms with E-state index in [0.29, 0.717) is 12.6 Å². The second-order valence-electron chi connectivity index (χ2n) is 10.5. The van der Waals surface area contributed by atoms with Gasteiger partial charge in [0, 0.05) is 30.2 Å². The van der Waals surface area contributed by atoms with E-state index >= 15 is 0 Å². The molecule has 0 amide bonds. The maximum absolute atomic E-state index is 13.2. The van der Waals surface area contributed by atoms with Crippen molar-refractivity contribution in [2.45, 2.75) is 90.9 Å². The molecule has 194 valence electrons. The highest BCUT2D eigenvalue weighted by Gasteiger charge is 2.32. The first kappa shape index (κ1) is 25.3. The van der Waals surface area contributed by atoms with Crippen LogP contribution in [-0.4, -0.2) is 36.1 Å². The first-order chi connectivity index (χ1) is 18.0. The quantitative estimate of drug-likeness (QED) is 0.322. The highest BCUT2D eigenvalue weighted by Crippen LogP contribution is 2.33. The maximum atomic E-state index is 13.2. The predicted octanol–water partition coefficient (Wildman–Crippen LogP) is 5.66. The molecular weight excluding hydrogens is 460 g/mol. The van der Waals surface area contributed by atoms with Gasteiger partial charge in [-0.2, -0.15) is 0 Å². The Kier molecular flexibility index (Phi) is 7.79. The lowest BCUT2D eigenvalue weighted by atomic mass is 9.92. The van der Waals surface area contributed by atoms with Crippen LogP contribution in [-0.2, 0) is 19.5 Å². The number of hydrogen-bond donors (Lipinski definition) is 1. The van der Waals surface area contributed by atoms with Crippen molar-refractivity contribution in [3.63, 3.8) is 0 Å². The summed E-state index contributed by atoms with van der Waals surface area (Å²) < 4.78 is 1.97. The summed E-state index contributed by atoms with van der Waals surface area (Å²) in [4.78, 5) is 18.9. The molecule has 1 fully saturated rings. The molecule has 0 spiro atoms. The number of fused-ring (bicyclic) bond motifs is 1. The summed E-state index contributed by atoms with van der Waals surface area (Å²) in [6.45, 7) is 7.73. The Labute approximate surface area is 218 Å². The van der Waals surface area contributed by atoms with Crippen LogP contribution >= 0.6 is 0 Å². The summed E-state index contributed by atoms with van der Waals surface area (Å²) in [6, 6.07) is 17.3. The molecule has 5 rings (SSSR count). The van der Waals surface area contributed by atoms with Gasteiger partial charge in [0.1, 0.15) is 0 Å². The maximum Gasteiger partial charge on any atom is 0.252 e. The fourth-order valence-corrected chi connectivity index (χ4v) is 5.80. The lowest BCUT2D eigenvalue weighted by Gasteiger charge is -2.39. The molecule has 0 radical (unpaired) electrons. The minimum absolute atomic E-state index is 0.00455. The number of aromatic nitrogens is 5. The molecule has 1 unspecified atom stereocenters. The number of aromatic amines is 1. The average molecular weight is 499 g/mol. The smallest absolute Gasteiger partial charge is 0.252 e. The molecule has 1 aliphatic carbocycles. The monoisotopic (exact) mass is 498 g/mol. The van der Waals surface area contributed by atoms with Gasteiger partial charge in [-0.1, -0.05) is 56.5 Å². The molecule has 2 aromatic heterocycles. The van der Waals surface area contributed by atoms with E-state index < -0.39 is 0 Å². The molecule has 1 aliphatic rings. The Morgan fingerprint density at radius 2 is 1.81 bits per heavy atom. The number of H-pyrrole nitrogens is 1. The molecule has 1 saturated carbocycles. The molecule has 0 saturated heterocycles. The number of rotatable bonds is 9. The Balaban J connectivity index is 1.47. The standard InChI is InChI=1S/C30H38N6O/c1-4-28(29-32-33-34-36(29)16-15-23-11-7-5-8-12-23)35(26-13-9-6-10-14-26)20-25-19-24-17-21(2)22(3)18-27(24)31-30(25)37/h5,7-8,11-12,17-19,26,28H,4,6,9-10,13-16,20H2,1-3H3,(H,31,37). The van der Waals surface area contributed by atoms with E-state index in [0.717, 1.165) is 54.5 Å².